The number of H-pyrrole nitrogens is 1. The van der Waals surface area contributed by atoms with Gasteiger partial charge in [-0.1, -0.05) is 55.7 Å². The van der Waals surface area contributed by atoms with Crippen molar-refractivity contribution >= 4 is 56.4 Å². The number of sulfonamides is 1. The van der Waals surface area contributed by atoms with E-state index in [-0.39, 0.29) is 106 Å². The van der Waals surface area contributed by atoms with Gasteiger partial charge in [0.05, 0.1) is 40.1 Å². The summed E-state index contributed by atoms with van der Waals surface area (Å²) in [5.41, 5.74) is -1.15. The summed E-state index contributed by atoms with van der Waals surface area (Å²) in [5, 5.41) is 10.8. The zero-order chi connectivity index (χ0) is 56.6. The van der Waals surface area contributed by atoms with Gasteiger partial charge < -0.3 is 29.5 Å². The maximum absolute atomic E-state index is 15.3. The standard InChI is InChI=1S/C59H73FN8O11S/c1-57(2,3)79-56(75)68(35-49(69)65-27-29-66(30-28-65)55(74)46-31-38(18-21-47(46)60)32-48-44-16-7-8-17-45(44)52(71)63-62-48)58-22-24-59(25-23-58,78-36-58)37-80(76,77)64-53(72)50(39-11-5-4-6-12-39)61-51(70)42-14-9-13-41(33-42)43-15-10-26-67(34-43)54(73)40-19-20-40/h7-9,13-14,16-18,21,31,33,39-40,43,50H,4-6,10-12,15,19-20,22-30,32,34-37H2,1-3H3,(H,61,70)(H,63,71)(H,64,72)/t43-,50-,58?,59?/m0/s1. The summed E-state index contributed by atoms with van der Waals surface area (Å²) in [6.45, 7) is 6.42. The molecule has 6 amide bonds. The normalized spacial score (nSPS) is 23.1. The molecule has 80 heavy (non-hydrogen) atoms. The second kappa shape index (κ2) is 23.0. The molecule has 2 bridgehead atoms. The quantitative estimate of drug-likeness (QED) is 0.121. The molecule has 4 aliphatic heterocycles. The van der Waals surface area contributed by atoms with Gasteiger partial charge in [-0.25, -0.2) is 22.7 Å². The number of aromatic amines is 1. The minimum Gasteiger partial charge on any atom is -0.444 e. The van der Waals surface area contributed by atoms with Gasteiger partial charge in [-0.3, -0.25) is 38.4 Å². The van der Waals surface area contributed by atoms with Gasteiger partial charge in [0.25, 0.3) is 23.3 Å². The third-order valence-electron chi connectivity index (χ3n) is 17.2. The Morgan fingerprint density at radius 3 is 2.24 bits per heavy atom. The third kappa shape index (κ3) is 12.7. The molecule has 11 rings (SSSR count). The zero-order valence-corrected chi connectivity index (χ0v) is 46.8. The number of piperazine rings is 1. The SMILES string of the molecule is CC(C)(C)OC(=O)N(CC(=O)N1CCN(C(=O)c2cc(Cc3n[nH]c(=O)c4ccccc34)ccc2F)CC1)C12CCC(CS(=O)(=O)NC(=O)[C@@H](NC(=O)c3cccc([C@H]4CCCN(C(=O)C5CC5)C4)c3)C3CCCCC3)(CC1)OC2. The Labute approximate surface area is 465 Å². The topological polar surface area (TPSA) is 238 Å². The van der Waals surface area contributed by atoms with E-state index >= 15 is 4.39 Å². The maximum Gasteiger partial charge on any atom is 0.411 e. The van der Waals surface area contributed by atoms with E-state index < -0.39 is 74.1 Å². The Hall–Kier alpha value is -6.74. The van der Waals surface area contributed by atoms with Crippen LogP contribution in [0.4, 0.5) is 9.18 Å². The van der Waals surface area contributed by atoms with Crippen LogP contribution in [-0.2, 0) is 40.3 Å². The van der Waals surface area contributed by atoms with E-state index in [1.807, 2.05) is 17.0 Å². The van der Waals surface area contributed by atoms with Crippen molar-refractivity contribution in [3.63, 3.8) is 0 Å². The lowest BCUT2D eigenvalue weighted by molar-refractivity contribution is -0.181. The van der Waals surface area contributed by atoms with E-state index in [4.69, 9.17) is 9.47 Å². The number of carbonyl (C=O) groups excluding carboxylic acids is 6. The average molecular weight is 1120 g/mol. The van der Waals surface area contributed by atoms with Gasteiger partial charge >= 0.3 is 6.09 Å². The first kappa shape index (κ1) is 56.5. The fraction of sp³-hybridized carbons (Fsp3) is 0.559. The van der Waals surface area contributed by atoms with Crippen molar-refractivity contribution in [1.29, 1.82) is 0 Å². The van der Waals surface area contributed by atoms with Crippen LogP contribution in [0.25, 0.3) is 10.8 Å². The molecule has 2 atom stereocenters. The fourth-order valence-corrected chi connectivity index (χ4v) is 14.2. The molecule has 1 aromatic heterocycles. The van der Waals surface area contributed by atoms with E-state index in [2.05, 4.69) is 20.2 Å². The predicted octanol–water partition coefficient (Wildman–Crippen LogP) is 6.20. The van der Waals surface area contributed by atoms with E-state index in [9.17, 15) is 42.0 Å². The van der Waals surface area contributed by atoms with Crippen LogP contribution in [0.3, 0.4) is 0 Å². The van der Waals surface area contributed by atoms with Gasteiger partial charge in [0.1, 0.15) is 24.0 Å². The molecule has 3 N–H and O–H groups in total. The number of piperidine rings is 1. The molecule has 5 heterocycles. The van der Waals surface area contributed by atoms with Crippen LogP contribution < -0.4 is 15.6 Å². The van der Waals surface area contributed by atoms with Gasteiger partial charge in [-0.15, -0.1) is 0 Å². The number of nitrogens with one attached hydrogen (secondary N) is 3. The molecule has 3 saturated carbocycles. The van der Waals surface area contributed by atoms with Crippen LogP contribution >= 0.6 is 0 Å². The number of aromatic nitrogens is 2. The summed E-state index contributed by atoms with van der Waals surface area (Å²) >= 11 is 0. The molecule has 4 aromatic rings. The van der Waals surface area contributed by atoms with Crippen molar-refractivity contribution in [2.75, 3.05) is 58.2 Å². The smallest absolute Gasteiger partial charge is 0.411 e. The number of amides is 6. The summed E-state index contributed by atoms with van der Waals surface area (Å²) in [6, 6.07) is 17.4. The summed E-state index contributed by atoms with van der Waals surface area (Å²) in [7, 11) is -4.35. The van der Waals surface area contributed by atoms with Gasteiger partial charge in [-0.2, -0.15) is 5.10 Å². The Kier molecular flexibility index (Phi) is 16.3. The second-order valence-electron chi connectivity index (χ2n) is 24.1. The Morgan fingerprint density at radius 1 is 0.838 bits per heavy atom. The van der Waals surface area contributed by atoms with E-state index in [1.54, 1.807) is 68.1 Å². The lowest BCUT2D eigenvalue weighted by Gasteiger charge is -2.56. The number of nitrogens with zero attached hydrogens (tertiary/aromatic N) is 5. The molecule has 428 valence electrons. The number of halogens is 1. The van der Waals surface area contributed by atoms with Crippen molar-refractivity contribution in [2.24, 2.45) is 11.8 Å². The number of benzene rings is 3. The first-order valence-electron chi connectivity index (χ1n) is 28.4. The van der Waals surface area contributed by atoms with Gasteiger partial charge in [0.2, 0.25) is 21.8 Å². The van der Waals surface area contributed by atoms with Crippen molar-refractivity contribution in [3.05, 3.63) is 111 Å². The summed E-state index contributed by atoms with van der Waals surface area (Å²) in [6.07, 6.45) is 7.99. The highest BCUT2D eigenvalue weighted by Crippen LogP contribution is 2.48. The van der Waals surface area contributed by atoms with E-state index in [0.29, 0.717) is 47.0 Å². The first-order chi connectivity index (χ1) is 38.2. The third-order valence-corrected chi connectivity index (χ3v) is 18.6. The number of rotatable bonds is 15. The van der Waals surface area contributed by atoms with Gasteiger partial charge in [0.15, 0.2) is 0 Å². The maximum atomic E-state index is 15.3. The van der Waals surface area contributed by atoms with Crippen molar-refractivity contribution in [1.82, 2.24) is 39.8 Å². The highest BCUT2D eigenvalue weighted by molar-refractivity contribution is 7.90. The van der Waals surface area contributed by atoms with Gasteiger partial charge in [0, 0.05) is 68.5 Å². The summed E-state index contributed by atoms with van der Waals surface area (Å²) in [4.78, 5) is 102. The molecule has 4 saturated heterocycles. The second-order valence-corrected chi connectivity index (χ2v) is 25.8. The van der Waals surface area contributed by atoms with Crippen LogP contribution in [0.5, 0.6) is 0 Å². The number of ether oxygens (including phenoxy) is 2. The Balaban J connectivity index is 0.760. The number of carbonyl (C=O) groups is 6. The molecule has 19 nitrogen and oxygen atoms in total. The fourth-order valence-electron chi connectivity index (χ4n) is 12.6. The van der Waals surface area contributed by atoms with Crippen molar-refractivity contribution in [3.8, 4) is 0 Å². The molecule has 0 radical (unpaired) electrons. The molecule has 7 aliphatic rings. The van der Waals surface area contributed by atoms with Gasteiger partial charge in [-0.05, 0) is 132 Å². The van der Waals surface area contributed by atoms with Crippen molar-refractivity contribution in [2.45, 2.75) is 139 Å². The number of fused-ring (bicyclic) bond motifs is 4. The minimum atomic E-state index is -4.35. The predicted molar refractivity (Wildman–Crippen MR) is 294 cm³/mol. The molecule has 0 spiro atoms. The number of hydrogen-bond donors (Lipinski definition) is 3. The first-order valence-corrected chi connectivity index (χ1v) is 30.0. The van der Waals surface area contributed by atoms with E-state index in [1.165, 1.54) is 21.9 Å². The average Bonchev–Trinajstić information content (AvgIpc) is 4.45. The van der Waals surface area contributed by atoms with E-state index in [0.717, 1.165) is 57.1 Å². The highest BCUT2D eigenvalue weighted by Gasteiger charge is 2.56. The summed E-state index contributed by atoms with van der Waals surface area (Å²) in [5.74, 6) is -3.37. The Bertz CT molecular complexity index is 3190. The monoisotopic (exact) mass is 1120 g/mol. The molecule has 3 aliphatic carbocycles. The molecule has 21 heteroatoms. The molecule has 3 aromatic carbocycles. The Morgan fingerprint density at radius 2 is 1.55 bits per heavy atom. The van der Waals surface area contributed by atoms with Crippen LogP contribution in [0.15, 0.2) is 71.5 Å². The number of likely N-dealkylation sites (tertiary alicyclic amines) is 1. The summed E-state index contributed by atoms with van der Waals surface area (Å²) < 4.78 is 58.2. The molecule has 7 fully saturated rings. The van der Waals surface area contributed by atoms with Crippen LogP contribution in [0, 0.1) is 17.7 Å². The zero-order valence-electron chi connectivity index (χ0n) is 45.9. The number of hydrogen-bond acceptors (Lipinski definition) is 12. The lowest BCUT2D eigenvalue weighted by atomic mass is 9.71. The van der Waals surface area contributed by atoms with Crippen LogP contribution in [-0.4, -0.2) is 155 Å². The van der Waals surface area contributed by atoms with Crippen molar-refractivity contribution < 1.29 is 51.0 Å². The van der Waals surface area contributed by atoms with Crippen LogP contribution in [0.2, 0.25) is 0 Å². The molecule has 0 unspecified atom stereocenters. The lowest BCUT2D eigenvalue weighted by Crippen LogP contribution is -2.67. The molecular formula is C59H73FN8O11S. The highest BCUT2D eigenvalue weighted by atomic mass is 32.2. The minimum absolute atomic E-state index is 0.0677. The molecular weight excluding hydrogens is 1050 g/mol. The largest absolute Gasteiger partial charge is 0.444 e. The van der Waals surface area contributed by atoms with Crippen LogP contribution in [0.1, 0.15) is 148 Å².